The van der Waals surface area contributed by atoms with E-state index in [0.29, 0.717) is 11.8 Å². The van der Waals surface area contributed by atoms with Crippen molar-refractivity contribution in [1.82, 2.24) is 15.6 Å². The zero-order chi connectivity index (χ0) is 19.6. The summed E-state index contributed by atoms with van der Waals surface area (Å²) in [7, 11) is 0. The number of rotatable bonds is 10. The summed E-state index contributed by atoms with van der Waals surface area (Å²) in [6.45, 7) is 11.3. The number of benzene rings is 1. The monoisotopic (exact) mass is 500 g/mol. The minimum absolute atomic E-state index is 0. The van der Waals surface area contributed by atoms with Crippen LogP contribution in [0.1, 0.15) is 44.7 Å². The van der Waals surface area contributed by atoms with Crippen molar-refractivity contribution in [2.24, 2.45) is 16.8 Å². The van der Waals surface area contributed by atoms with Crippen LogP contribution in [0.2, 0.25) is 0 Å². The molecule has 5 nitrogen and oxygen atoms in total. The predicted octanol–water partition coefficient (Wildman–Crippen LogP) is 4.24. The molecule has 0 radical (unpaired) electrons. The van der Waals surface area contributed by atoms with Gasteiger partial charge in [0.05, 0.1) is 0 Å². The van der Waals surface area contributed by atoms with Crippen LogP contribution in [-0.2, 0) is 6.42 Å². The highest BCUT2D eigenvalue weighted by Crippen LogP contribution is 2.19. The third-order valence-electron chi connectivity index (χ3n) is 4.80. The smallest absolute Gasteiger partial charge is 0.191 e. The number of H-pyrrole nitrogens is 1. The summed E-state index contributed by atoms with van der Waals surface area (Å²) < 4.78 is 0. The number of aromatic amines is 1. The number of nitrogens with zero attached hydrogens (tertiary/aromatic N) is 1. The highest BCUT2D eigenvalue weighted by Gasteiger charge is 2.11. The number of aliphatic hydroxyl groups is 1. The van der Waals surface area contributed by atoms with E-state index in [0.717, 1.165) is 44.9 Å². The molecule has 1 atom stereocenters. The van der Waals surface area contributed by atoms with Gasteiger partial charge < -0.3 is 20.7 Å². The SMILES string of the molecule is CCNC(=NCC(CCO)CC(C)C)NCCc1c[nH]c2cc(C)ccc12.I. The maximum atomic E-state index is 9.29. The molecule has 0 aliphatic carbocycles. The average Bonchev–Trinajstić information content (AvgIpc) is 3.01. The van der Waals surface area contributed by atoms with E-state index in [-0.39, 0.29) is 30.6 Å². The lowest BCUT2D eigenvalue weighted by molar-refractivity contribution is 0.245. The van der Waals surface area contributed by atoms with Gasteiger partial charge in [0, 0.05) is 43.3 Å². The Hall–Kier alpha value is -1.28. The van der Waals surface area contributed by atoms with Crippen LogP contribution in [0.3, 0.4) is 0 Å². The van der Waals surface area contributed by atoms with Crippen LogP contribution in [0, 0.1) is 18.8 Å². The lowest BCUT2D eigenvalue weighted by atomic mass is 9.94. The number of halogens is 1. The molecule has 0 fully saturated rings. The second-order valence-corrected chi connectivity index (χ2v) is 7.77. The van der Waals surface area contributed by atoms with E-state index in [9.17, 15) is 5.11 Å². The summed E-state index contributed by atoms with van der Waals surface area (Å²) in [5.41, 5.74) is 3.80. The molecule has 1 aromatic heterocycles. The second-order valence-electron chi connectivity index (χ2n) is 7.77. The van der Waals surface area contributed by atoms with Crippen molar-refractivity contribution < 1.29 is 5.11 Å². The van der Waals surface area contributed by atoms with Crippen LogP contribution in [0.15, 0.2) is 29.4 Å². The average molecular weight is 500 g/mol. The quantitative estimate of drug-likeness (QED) is 0.224. The molecular weight excluding hydrogens is 463 g/mol. The number of aliphatic imine (C=N–C) groups is 1. The molecule has 1 heterocycles. The first-order valence-electron chi connectivity index (χ1n) is 10.2. The van der Waals surface area contributed by atoms with Crippen LogP contribution < -0.4 is 10.6 Å². The fourth-order valence-electron chi connectivity index (χ4n) is 3.52. The fourth-order valence-corrected chi connectivity index (χ4v) is 3.52. The molecule has 0 bridgehead atoms. The zero-order valence-corrected chi connectivity index (χ0v) is 20.0. The summed E-state index contributed by atoms with van der Waals surface area (Å²) in [5.74, 6) is 1.92. The van der Waals surface area contributed by atoms with Gasteiger partial charge in [-0.25, -0.2) is 0 Å². The van der Waals surface area contributed by atoms with E-state index < -0.39 is 0 Å². The Morgan fingerprint density at radius 3 is 2.71 bits per heavy atom. The number of nitrogens with one attached hydrogen (secondary N) is 3. The maximum absolute atomic E-state index is 9.29. The van der Waals surface area contributed by atoms with Gasteiger partial charge in [-0.2, -0.15) is 0 Å². The summed E-state index contributed by atoms with van der Waals surface area (Å²) >= 11 is 0. The van der Waals surface area contributed by atoms with Crippen LogP contribution >= 0.6 is 24.0 Å². The number of hydrogen-bond donors (Lipinski definition) is 4. The van der Waals surface area contributed by atoms with Gasteiger partial charge in [-0.15, -0.1) is 24.0 Å². The Kier molecular flexibility index (Phi) is 11.5. The van der Waals surface area contributed by atoms with E-state index in [2.05, 4.69) is 67.7 Å². The normalized spacial score (nSPS) is 12.9. The molecular formula is C22H37IN4O. The van der Waals surface area contributed by atoms with E-state index in [4.69, 9.17) is 4.99 Å². The Morgan fingerprint density at radius 1 is 1.25 bits per heavy atom. The molecule has 1 unspecified atom stereocenters. The number of aromatic nitrogens is 1. The molecule has 158 valence electrons. The van der Waals surface area contributed by atoms with Gasteiger partial charge in [0.25, 0.3) is 0 Å². The Labute approximate surface area is 186 Å². The van der Waals surface area contributed by atoms with Gasteiger partial charge in [-0.3, -0.25) is 4.99 Å². The van der Waals surface area contributed by atoms with Crippen LogP contribution in [0.5, 0.6) is 0 Å². The van der Waals surface area contributed by atoms with Crippen LogP contribution in [-0.4, -0.2) is 42.3 Å². The molecule has 1 aromatic carbocycles. The molecule has 0 amide bonds. The topological polar surface area (TPSA) is 72.4 Å². The summed E-state index contributed by atoms with van der Waals surface area (Å²) in [6.07, 6.45) is 4.96. The second kappa shape index (κ2) is 13.0. The van der Waals surface area contributed by atoms with Gasteiger partial charge in [0.1, 0.15) is 0 Å². The van der Waals surface area contributed by atoms with Crippen molar-refractivity contribution in [1.29, 1.82) is 0 Å². The van der Waals surface area contributed by atoms with E-state index in [1.54, 1.807) is 0 Å². The number of guanidine groups is 1. The number of fused-ring (bicyclic) bond motifs is 1. The molecule has 0 aliphatic heterocycles. The lowest BCUT2D eigenvalue weighted by Gasteiger charge is -2.17. The molecule has 0 spiro atoms. The molecule has 0 aliphatic rings. The van der Waals surface area contributed by atoms with E-state index >= 15 is 0 Å². The first-order chi connectivity index (χ1) is 13.0. The minimum Gasteiger partial charge on any atom is -0.396 e. The third kappa shape index (κ3) is 7.99. The lowest BCUT2D eigenvalue weighted by Crippen LogP contribution is -2.38. The molecule has 0 saturated carbocycles. The first kappa shape index (κ1) is 24.8. The number of aliphatic hydroxyl groups excluding tert-OH is 1. The standard InChI is InChI=1S/C22H36N4O.HI/c1-5-23-22(26-14-18(9-11-27)12-16(2)3)24-10-8-19-15-25-21-13-17(4)6-7-20(19)21;/h6-7,13,15-16,18,25,27H,5,8-12,14H2,1-4H3,(H2,23,24,26);1H. The molecule has 4 N–H and O–H groups in total. The first-order valence-corrected chi connectivity index (χ1v) is 10.2. The molecule has 2 aromatic rings. The number of hydrogen-bond acceptors (Lipinski definition) is 2. The van der Waals surface area contributed by atoms with Crippen molar-refractivity contribution in [2.45, 2.75) is 47.0 Å². The summed E-state index contributed by atoms with van der Waals surface area (Å²) in [6, 6.07) is 6.55. The third-order valence-corrected chi connectivity index (χ3v) is 4.80. The van der Waals surface area contributed by atoms with Crippen molar-refractivity contribution in [3.8, 4) is 0 Å². The van der Waals surface area contributed by atoms with Gasteiger partial charge in [0.15, 0.2) is 5.96 Å². The molecule has 6 heteroatoms. The van der Waals surface area contributed by atoms with Crippen LogP contribution in [0.4, 0.5) is 0 Å². The molecule has 0 saturated heterocycles. The summed E-state index contributed by atoms with van der Waals surface area (Å²) in [4.78, 5) is 8.12. The Balaban J connectivity index is 0.00000392. The molecule has 28 heavy (non-hydrogen) atoms. The van der Waals surface area contributed by atoms with Gasteiger partial charge >= 0.3 is 0 Å². The Bertz CT molecular complexity index is 726. The van der Waals surface area contributed by atoms with E-state index in [1.165, 1.54) is 22.0 Å². The van der Waals surface area contributed by atoms with Crippen LogP contribution in [0.25, 0.3) is 10.9 Å². The van der Waals surface area contributed by atoms with Crippen molar-refractivity contribution in [2.75, 3.05) is 26.2 Å². The van der Waals surface area contributed by atoms with Gasteiger partial charge in [-0.1, -0.05) is 26.0 Å². The molecule has 2 rings (SSSR count). The fraction of sp³-hybridized carbons (Fsp3) is 0.591. The minimum atomic E-state index is 0. The largest absolute Gasteiger partial charge is 0.396 e. The predicted molar refractivity (Wildman–Crippen MR) is 131 cm³/mol. The summed E-state index contributed by atoms with van der Waals surface area (Å²) in [5, 5.41) is 17.4. The van der Waals surface area contributed by atoms with Crippen molar-refractivity contribution >= 4 is 40.8 Å². The van der Waals surface area contributed by atoms with Gasteiger partial charge in [-0.05, 0) is 62.1 Å². The highest BCUT2D eigenvalue weighted by molar-refractivity contribution is 14.0. The maximum Gasteiger partial charge on any atom is 0.191 e. The highest BCUT2D eigenvalue weighted by atomic mass is 127. The Morgan fingerprint density at radius 2 is 2.04 bits per heavy atom. The van der Waals surface area contributed by atoms with Crippen molar-refractivity contribution in [3.05, 3.63) is 35.5 Å². The van der Waals surface area contributed by atoms with E-state index in [1.807, 2.05) is 0 Å². The number of aryl methyl sites for hydroxylation is 1. The van der Waals surface area contributed by atoms with Crippen molar-refractivity contribution in [3.63, 3.8) is 0 Å². The van der Waals surface area contributed by atoms with Gasteiger partial charge in [0.2, 0.25) is 0 Å². The zero-order valence-electron chi connectivity index (χ0n) is 17.7.